The van der Waals surface area contributed by atoms with Gasteiger partial charge in [0, 0.05) is 0 Å². The molecule has 1 nitrogen and oxygen atoms in total. The Hall–Kier alpha value is -0.0400. The minimum atomic E-state index is 0.622. The maximum atomic E-state index is 6.71. The van der Waals surface area contributed by atoms with Crippen molar-refractivity contribution in [1.82, 2.24) is 0 Å². The highest BCUT2D eigenvalue weighted by Gasteiger charge is 2.65. The molecule has 10 unspecified atom stereocenters. The first-order valence-corrected chi connectivity index (χ1v) is 13.1. The third-order valence-electron chi connectivity index (χ3n) is 11.4. The Labute approximate surface area is 173 Å². The fourth-order valence-electron chi connectivity index (χ4n) is 9.71. The minimum absolute atomic E-state index is 0.622. The molecular weight excluding hydrogens is 340 g/mol. The van der Waals surface area contributed by atoms with Gasteiger partial charge >= 0.3 is 0 Å². The van der Waals surface area contributed by atoms with Crippen LogP contribution < -0.4 is 0 Å². The van der Waals surface area contributed by atoms with E-state index in [1.54, 1.807) is 38.5 Å². The SMILES string of the molecule is CC1CC2COC(C3CC(C)CCC34CCC4C3CC(C)CCC34CC4)C2C1. The summed E-state index contributed by atoms with van der Waals surface area (Å²) in [6.07, 6.45) is 18.9. The summed E-state index contributed by atoms with van der Waals surface area (Å²) in [6, 6.07) is 0. The van der Waals surface area contributed by atoms with Crippen molar-refractivity contribution in [3.8, 4) is 0 Å². The lowest BCUT2D eigenvalue weighted by atomic mass is 9.42. The van der Waals surface area contributed by atoms with Gasteiger partial charge in [0.05, 0.1) is 12.7 Å². The molecule has 0 amide bonds. The monoisotopic (exact) mass is 384 g/mol. The molecule has 1 saturated heterocycles. The maximum Gasteiger partial charge on any atom is 0.0640 e. The smallest absolute Gasteiger partial charge is 0.0640 e. The van der Waals surface area contributed by atoms with E-state index in [0.29, 0.717) is 11.5 Å². The molecule has 28 heavy (non-hydrogen) atoms. The van der Waals surface area contributed by atoms with E-state index in [-0.39, 0.29) is 0 Å². The zero-order valence-corrected chi connectivity index (χ0v) is 18.8. The Kier molecular flexibility index (Phi) is 4.33. The second-order valence-corrected chi connectivity index (χ2v) is 13.0. The zero-order chi connectivity index (χ0) is 19.1. The summed E-state index contributed by atoms with van der Waals surface area (Å²) in [5, 5.41) is 0. The van der Waals surface area contributed by atoms with Crippen molar-refractivity contribution in [2.75, 3.05) is 6.61 Å². The lowest BCUT2D eigenvalue weighted by Crippen LogP contribution is -2.57. The standard InChI is InChI=1S/C27H44O/c1-17-4-7-26(10-11-26)23(14-17)22-6-9-27(22)8-5-18(2)15-24(27)25-21-13-19(3)12-20(21)16-28-25/h17-25H,4-16H2,1-3H3. The Bertz CT molecular complexity index is 607. The molecule has 6 aliphatic rings. The fourth-order valence-corrected chi connectivity index (χ4v) is 9.71. The molecule has 5 aliphatic carbocycles. The molecule has 1 heterocycles. The first-order valence-electron chi connectivity index (χ1n) is 13.1. The van der Waals surface area contributed by atoms with E-state index < -0.39 is 0 Å². The predicted molar refractivity (Wildman–Crippen MR) is 115 cm³/mol. The van der Waals surface area contributed by atoms with E-state index >= 15 is 0 Å². The molecular formula is C27H44O. The van der Waals surface area contributed by atoms with Crippen molar-refractivity contribution in [3.05, 3.63) is 0 Å². The topological polar surface area (TPSA) is 9.23 Å². The second kappa shape index (κ2) is 6.48. The first-order chi connectivity index (χ1) is 13.5. The number of fused-ring (bicyclic) bond motifs is 1. The van der Waals surface area contributed by atoms with Crippen LogP contribution in [0.1, 0.15) is 97.8 Å². The third-order valence-corrected chi connectivity index (χ3v) is 11.4. The molecule has 0 aromatic rings. The van der Waals surface area contributed by atoms with E-state index in [1.807, 2.05) is 0 Å². The lowest BCUT2D eigenvalue weighted by Gasteiger charge is -2.63. The lowest BCUT2D eigenvalue weighted by molar-refractivity contribution is -0.166. The van der Waals surface area contributed by atoms with Crippen molar-refractivity contribution in [2.45, 2.75) is 104 Å². The summed E-state index contributed by atoms with van der Waals surface area (Å²) in [6.45, 7) is 8.69. The van der Waals surface area contributed by atoms with Crippen LogP contribution in [0.25, 0.3) is 0 Å². The molecule has 6 rings (SSSR count). The number of rotatable bonds is 2. The number of ether oxygens (including phenoxy) is 1. The van der Waals surface area contributed by atoms with Crippen LogP contribution in [0.2, 0.25) is 0 Å². The minimum Gasteiger partial charge on any atom is -0.377 e. The molecule has 0 bridgehead atoms. The molecule has 1 aliphatic heterocycles. The van der Waals surface area contributed by atoms with Crippen molar-refractivity contribution >= 4 is 0 Å². The highest BCUT2D eigenvalue weighted by atomic mass is 16.5. The molecule has 0 aromatic heterocycles. The fraction of sp³-hybridized carbons (Fsp3) is 1.00. The summed E-state index contributed by atoms with van der Waals surface area (Å²) in [4.78, 5) is 0. The van der Waals surface area contributed by atoms with Gasteiger partial charge in [0.15, 0.2) is 0 Å². The normalized spacial score (nSPS) is 57.3. The van der Waals surface area contributed by atoms with Crippen LogP contribution in [-0.2, 0) is 4.74 Å². The molecule has 0 N–H and O–H groups in total. The van der Waals surface area contributed by atoms with Gasteiger partial charge in [-0.3, -0.25) is 0 Å². The molecule has 2 spiro atoms. The van der Waals surface area contributed by atoms with Crippen molar-refractivity contribution < 1.29 is 4.74 Å². The van der Waals surface area contributed by atoms with Gasteiger partial charge in [-0.1, -0.05) is 33.6 Å². The van der Waals surface area contributed by atoms with Gasteiger partial charge in [-0.2, -0.15) is 0 Å². The molecule has 5 saturated carbocycles. The Morgan fingerprint density at radius 2 is 1.36 bits per heavy atom. The highest BCUT2D eigenvalue weighted by Crippen LogP contribution is 2.72. The van der Waals surface area contributed by atoms with Crippen LogP contribution in [0, 0.1) is 58.2 Å². The quantitative estimate of drug-likeness (QED) is 0.493. The average molecular weight is 385 g/mol. The van der Waals surface area contributed by atoms with Gasteiger partial charge in [-0.05, 0) is 122 Å². The second-order valence-electron chi connectivity index (χ2n) is 13.0. The largest absolute Gasteiger partial charge is 0.377 e. The van der Waals surface area contributed by atoms with Crippen LogP contribution in [0.15, 0.2) is 0 Å². The summed E-state index contributed by atoms with van der Waals surface area (Å²) in [5.74, 6) is 7.68. The van der Waals surface area contributed by atoms with E-state index in [1.165, 1.54) is 38.5 Å². The predicted octanol–water partition coefficient (Wildman–Crippen LogP) is 7.10. The Morgan fingerprint density at radius 1 is 0.643 bits per heavy atom. The molecule has 0 radical (unpaired) electrons. The van der Waals surface area contributed by atoms with Gasteiger partial charge in [0.1, 0.15) is 0 Å². The van der Waals surface area contributed by atoms with E-state index in [9.17, 15) is 0 Å². The van der Waals surface area contributed by atoms with Gasteiger partial charge < -0.3 is 4.74 Å². The molecule has 6 fully saturated rings. The molecule has 10 atom stereocenters. The van der Waals surface area contributed by atoms with E-state index in [2.05, 4.69) is 20.8 Å². The first kappa shape index (κ1) is 18.7. The van der Waals surface area contributed by atoms with Gasteiger partial charge in [-0.25, -0.2) is 0 Å². The molecule has 1 heteroatoms. The van der Waals surface area contributed by atoms with Crippen LogP contribution in [0.4, 0.5) is 0 Å². The van der Waals surface area contributed by atoms with Crippen LogP contribution in [0.5, 0.6) is 0 Å². The summed E-state index contributed by atoms with van der Waals surface area (Å²) >= 11 is 0. The van der Waals surface area contributed by atoms with Crippen molar-refractivity contribution in [1.29, 1.82) is 0 Å². The molecule has 158 valence electrons. The number of hydrogen-bond donors (Lipinski definition) is 0. The number of hydrogen-bond acceptors (Lipinski definition) is 1. The van der Waals surface area contributed by atoms with Crippen molar-refractivity contribution in [2.24, 2.45) is 58.2 Å². The van der Waals surface area contributed by atoms with Crippen molar-refractivity contribution in [3.63, 3.8) is 0 Å². The zero-order valence-electron chi connectivity index (χ0n) is 18.8. The Morgan fingerprint density at radius 3 is 2.07 bits per heavy atom. The van der Waals surface area contributed by atoms with E-state index in [0.717, 1.165) is 59.4 Å². The summed E-state index contributed by atoms with van der Waals surface area (Å²) < 4.78 is 6.71. The Balaban J connectivity index is 1.30. The van der Waals surface area contributed by atoms with Crippen LogP contribution in [-0.4, -0.2) is 12.7 Å². The summed E-state index contributed by atoms with van der Waals surface area (Å²) in [7, 11) is 0. The van der Waals surface area contributed by atoms with Crippen LogP contribution in [0.3, 0.4) is 0 Å². The molecule has 0 aromatic carbocycles. The van der Waals surface area contributed by atoms with Gasteiger partial charge in [0.25, 0.3) is 0 Å². The van der Waals surface area contributed by atoms with Gasteiger partial charge in [0.2, 0.25) is 0 Å². The van der Waals surface area contributed by atoms with Crippen LogP contribution >= 0.6 is 0 Å². The van der Waals surface area contributed by atoms with E-state index in [4.69, 9.17) is 4.74 Å². The average Bonchev–Trinajstić information content (AvgIpc) is 3.19. The highest BCUT2D eigenvalue weighted by molar-refractivity contribution is 5.14. The third kappa shape index (κ3) is 2.66. The maximum absolute atomic E-state index is 6.71. The van der Waals surface area contributed by atoms with Gasteiger partial charge in [-0.15, -0.1) is 0 Å². The summed E-state index contributed by atoms with van der Waals surface area (Å²) in [5.41, 5.74) is 1.48.